The molecule has 1 aliphatic rings. The van der Waals surface area contributed by atoms with E-state index < -0.39 is 0 Å². The van der Waals surface area contributed by atoms with Crippen LogP contribution in [-0.4, -0.2) is 26.5 Å². The Morgan fingerprint density at radius 3 is 2.80 bits per heavy atom. The fourth-order valence-corrected chi connectivity index (χ4v) is 2.73. The number of rotatable bonds is 5. The van der Waals surface area contributed by atoms with Crippen LogP contribution >= 0.6 is 11.8 Å². The Labute approximate surface area is 122 Å². The van der Waals surface area contributed by atoms with Crippen LogP contribution in [0.3, 0.4) is 0 Å². The van der Waals surface area contributed by atoms with Crippen LogP contribution in [0.25, 0.3) is 0 Å². The van der Waals surface area contributed by atoms with E-state index in [1.165, 1.54) is 12.8 Å². The summed E-state index contributed by atoms with van der Waals surface area (Å²) in [6.45, 7) is 4.98. The van der Waals surface area contributed by atoms with Crippen LogP contribution in [0.4, 0.5) is 5.82 Å². The second-order valence-electron chi connectivity index (χ2n) is 4.81. The van der Waals surface area contributed by atoms with Gasteiger partial charge in [0.1, 0.15) is 21.7 Å². The smallest absolute Gasteiger partial charge is 0.135 e. The zero-order chi connectivity index (χ0) is 13.9. The predicted molar refractivity (Wildman–Crippen MR) is 79.1 cm³/mol. The van der Waals surface area contributed by atoms with Crippen LogP contribution in [-0.2, 0) is 0 Å². The molecule has 0 unspecified atom stereocenters. The highest BCUT2D eigenvalue weighted by molar-refractivity contribution is 7.99. The number of hydrogen-bond donors (Lipinski definition) is 1. The van der Waals surface area contributed by atoms with Crippen molar-refractivity contribution < 1.29 is 0 Å². The van der Waals surface area contributed by atoms with Gasteiger partial charge >= 0.3 is 0 Å². The van der Waals surface area contributed by atoms with Crippen molar-refractivity contribution in [3.63, 3.8) is 0 Å². The largest absolute Gasteiger partial charge is 0.370 e. The molecule has 0 bridgehead atoms. The molecule has 0 aromatic carbocycles. The molecule has 1 fully saturated rings. The monoisotopic (exact) mass is 287 g/mol. The maximum Gasteiger partial charge on any atom is 0.135 e. The topological polar surface area (TPSA) is 63.6 Å². The van der Waals surface area contributed by atoms with Crippen LogP contribution in [0.1, 0.15) is 37.1 Å². The van der Waals surface area contributed by atoms with Crippen molar-refractivity contribution in [3.05, 3.63) is 30.0 Å². The van der Waals surface area contributed by atoms with E-state index in [2.05, 4.69) is 27.2 Å². The van der Waals surface area contributed by atoms with Gasteiger partial charge in [0.05, 0.1) is 6.20 Å². The molecular weight excluding hydrogens is 270 g/mol. The van der Waals surface area contributed by atoms with Gasteiger partial charge in [-0.2, -0.15) is 0 Å². The van der Waals surface area contributed by atoms with Crippen LogP contribution in [0, 0.1) is 6.92 Å². The average Bonchev–Trinajstić information content (AvgIpc) is 3.29. The van der Waals surface area contributed by atoms with Gasteiger partial charge in [-0.25, -0.2) is 15.0 Å². The third-order valence-corrected chi connectivity index (χ3v) is 4.16. The van der Waals surface area contributed by atoms with Gasteiger partial charge in [0.25, 0.3) is 0 Å². The number of hydrogen-bond acceptors (Lipinski definition) is 6. The molecule has 0 spiro atoms. The quantitative estimate of drug-likeness (QED) is 0.853. The Morgan fingerprint density at radius 2 is 2.15 bits per heavy atom. The molecule has 3 rings (SSSR count). The first-order chi connectivity index (χ1) is 9.78. The van der Waals surface area contributed by atoms with E-state index in [4.69, 9.17) is 4.98 Å². The van der Waals surface area contributed by atoms with E-state index in [1.54, 1.807) is 30.4 Å². The van der Waals surface area contributed by atoms with Crippen LogP contribution in [0.5, 0.6) is 0 Å². The van der Waals surface area contributed by atoms with Crippen LogP contribution in [0.15, 0.2) is 28.6 Å². The summed E-state index contributed by atoms with van der Waals surface area (Å²) in [5.74, 6) is 2.43. The Balaban J connectivity index is 1.95. The van der Waals surface area contributed by atoms with Crippen molar-refractivity contribution in [1.82, 2.24) is 19.9 Å². The number of anilines is 1. The lowest BCUT2D eigenvalue weighted by atomic mass is 10.3. The average molecular weight is 287 g/mol. The van der Waals surface area contributed by atoms with Crippen LogP contribution < -0.4 is 5.32 Å². The molecule has 0 aliphatic heterocycles. The van der Waals surface area contributed by atoms with Crippen molar-refractivity contribution in [1.29, 1.82) is 0 Å². The number of nitrogens with one attached hydrogen (secondary N) is 1. The third kappa shape index (κ3) is 2.90. The van der Waals surface area contributed by atoms with Crippen molar-refractivity contribution >= 4 is 17.6 Å². The molecule has 104 valence electrons. The van der Waals surface area contributed by atoms with E-state index >= 15 is 0 Å². The molecule has 0 saturated heterocycles. The van der Waals surface area contributed by atoms with E-state index in [9.17, 15) is 0 Å². The van der Waals surface area contributed by atoms with Crippen molar-refractivity contribution in [2.24, 2.45) is 0 Å². The van der Waals surface area contributed by atoms with E-state index in [-0.39, 0.29) is 0 Å². The fraction of sp³-hybridized carbons (Fsp3) is 0.429. The summed E-state index contributed by atoms with van der Waals surface area (Å²) in [6.07, 6.45) is 7.53. The molecule has 2 heterocycles. The molecule has 5 nitrogen and oxygen atoms in total. The summed E-state index contributed by atoms with van der Waals surface area (Å²) in [5, 5.41) is 5.15. The molecule has 1 aliphatic carbocycles. The predicted octanol–water partition coefficient (Wildman–Crippen LogP) is 3.04. The molecule has 0 atom stereocenters. The fourth-order valence-electron chi connectivity index (χ4n) is 1.91. The minimum atomic E-state index is 0.536. The maximum absolute atomic E-state index is 4.72. The Hall–Kier alpha value is -1.69. The van der Waals surface area contributed by atoms with Crippen LogP contribution in [0.2, 0.25) is 0 Å². The van der Waals surface area contributed by atoms with Gasteiger partial charge in [0.15, 0.2) is 0 Å². The molecule has 1 saturated carbocycles. The Morgan fingerprint density at radius 1 is 1.30 bits per heavy atom. The lowest BCUT2D eigenvalue weighted by molar-refractivity contribution is 0.859. The molecule has 2 aromatic rings. The highest BCUT2D eigenvalue weighted by Gasteiger charge is 2.28. The first-order valence-electron chi connectivity index (χ1n) is 6.84. The molecule has 1 N–H and O–H groups in total. The van der Waals surface area contributed by atoms with E-state index in [0.29, 0.717) is 5.92 Å². The lowest BCUT2D eigenvalue weighted by Crippen LogP contribution is -2.07. The highest BCUT2D eigenvalue weighted by atomic mass is 32.2. The Bertz CT molecular complexity index is 598. The number of aromatic nitrogens is 4. The molecular formula is C14H17N5S. The van der Waals surface area contributed by atoms with Crippen molar-refractivity contribution in [2.75, 3.05) is 11.9 Å². The Kier molecular flexibility index (Phi) is 3.82. The minimum absolute atomic E-state index is 0.536. The van der Waals surface area contributed by atoms with Crippen molar-refractivity contribution in [3.8, 4) is 0 Å². The van der Waals surface area contributed by atoms with Gasteiger partial charge in [-0.05, 0) is 38.5 Å². The maximum atomic E-state index is 4.72. The second-order valence-corrected chi connectivity index (χ2v) is 5.82. The summed E-state index contributed by atoms with van der Waals surface area (Å²) in [7, 11) is 0. The molecule has 2 aromatic heterocycles. The van der Waals surface area contributed by atoms with Gasteiger partial charge < -0.3 is 5.32 Å². The highest BCUT2D eigenvalue weighted by Crippen LogP contribution is 2.40. The zero-order valence-corrected chi connectivity index (χ0v) is 12.4. The SMILES string of the molecule is CCNc1nc(C2CC2)nc(Sc2cnccn2)c1C. The molecule has 0 radical (unpaired) electrons. The van der Waals surface area contributed by atoms with Gasteiger partial charge in [-0.3, -0.25) is 4.98 Å². The standard InChI is InChI=1S/C14H17N5S/c1-3-16-12-9(2)14(19-13(18-12)10-4-5-10)20-11-8-15-6-7-17-11/h6-8,10H,3-5H2,1-2H3,(H,16,18,19). The minimum Gasteiger partial charge on any atom is -0.370 e. The first kappa shape index (κ1) is 13.3. The number of nitrogens with zero attached hydrogens (tertiary/aromatic N) is 4. The zero-order valence-electron chi connectivity index (χ0n) is 11.6. The summed E-state index contributed by atoms with van der Waals surface area (Å²) in [6, 6.07) is 0. The summed E-state index contributed by atoms with van der Waals surface area (Å²) in [5.41, 5.74) is 1.08. The first-order valence-corrected chi connectivity index (χ1v) is 7.66. The summed E-state index contributed by atoms with van der Waals surface area (Å²) in [4.78, 5) is 17.8. The molecule has 0 amide bonds. The third-order valence-electron chi connectivity index (χ3n) is 3.15. The van der Waals surface area contributed by atoms with Gasteiger partial charge in [-0.15, -0.1) is 0 Å². The normalized spacial score (nSPS) is 14.3. The van der Waals surface area contributed by atoms with E-state index in [1.807, 2.05) is 6.92 Å². The second kappa shape index (κ2) is 5.75. The summed E-state index contributed by atoms with van der Waals surface area (Å²) >= 11 is 1.55. The molecule has 6 heteroatoms. The van der Waals surface area contributed by atoms with Gasteiger partial charge in [0, 0.05) is 30.4 Å². The van der Waals surface area contributed by atoms with Crippen molar-refractivity contribution in [2.45, 2.75) is 42.7 Å². The summed E-state index contributed by atoms with van der Waals surface area (Å²) < 4.78 is 0. The van der Waals surface area contributed by atoms with E-state index in [0.717, 1.165) is 33.8 Å². The molecule has 20 heavy (non-hydrogen) atoms. The van der Waals surface area contributed by atoms with Gasteiger partial charge in [-0.1, -0.05) is 0 Å². The van der Waals surface area contributed by atoms with Gasteiger partial charge in [0.2, 0.25) is 0 Å². The lowest BCUT2D eigenvalue weighted by Gasteiger charge is -2.12.